The Kier molecular flexibility index (Phi) is 6.70. The molecule has 1 fully saturated rings. The number of methoxy groups -OCH3 is 1. The van der Waals surface area contributed by atoms with Gasteiger partial charge in [-0.1, -0.05) is 30.7 Å². The average Bonchev–Trinajstić information content (AvgIpc) is 3.33. The Balaban J connectivity index is 1.55. The van der Waals surface area contributed by atoms with Gasteiger partial charge in [0, 0.05) is 24.0 Å². The molecule has 0 N–H and O–H groups in total. The van der Waals surface area contributed by atoms with Gasteiger partial charge in [0.25, 0.3) is 0 Å². The van der Waals surface area contributed by atoms with E-state index in [0.29, 0.717) is 34.3 Å². The van der Waals surface area contributed by atoms with Gasteiger partial charge >= 0.3 is 0 Å². The lowest BCUT2D eigenvalue weighted by Crippen LogP contribution is -2.35. The van der Waals surface area contributed by atoms with E-state index in [1.165, 1.54) is 11.3 Å². The van der Waals surface area contributed by atoms with Crippen molar-refractivity contribution >= 4 is 33.0 Å². The van der Waals surface area contributed by atoms with E-state index in [-0.39, 0.29) is 0 Å². The molecule has 0 atom stereocenters. The summed E-state index contributed by atoms with van der Waals surface area (Å²) in [5.74, 6) is 0.753. The van der Waals surface area contributed by atoms with E-state index >= 15 is 0 Å². The molecule has 1 aromatic heterocycles. The molecule has 0 unspecified atom stereocenters. The van der Waals surface area contributed by atoms with Crippen molar-refractivity contribution in [2.45, 2.75) is 24.2 Å². The van der Waals surface area contributed by atoms with Crippen LogP contribution in [0, 0.1) is 11.3 Å². The molecule has 1 aliphatic rings. The number of hydrogen-bond acceptors (Lipinski definition) is 6. The quantitative estimate of drug-likeness (QED) is 0.475. The molecule has 2 heterocycles. The largest absolute Gasteiger partial charge is 0.497 e. The van der Waals surface area contributed by atoms with Crippen molar-refractivity contribution in [3.63, 3.8) is 0 Å². The summed E-state index contributed by atoms with van der Waals surface area (Å²) in [6.45, 7) is 1.16. The van der Waals surface area contributed by atoms with Gasteiger partial charge in [-0.05, 0) is 48.7 Å². The van der Waals surface area contributed by atoms with Crippen LogP contribution in [0.25, 0.3) is 22.9 Å². The lowest BCUT2D eigenvalue weighted by Gasteiger charge is -2.25. The maximum atomic E-state index is 12.8. The smallest absolute Gasteiger partial charge is 0.243 e. The van der Waals surface area contributed by atoms with Crippen LogP contribution in [0.15, 0.2) is 58.8 Å². The van der Waals surface area contributed by atoms with Gasteiger partial charge in [-0.15, -0.1) is 11.3 Å². The number of thiazole rings is 1. The van der Waals surface area contributed by atoms with E-state index in [1.807, 2.05) is 29.6 Å². The second-order valence-electron chi connectivity index (χ2n) is 7.47. The van der Waals surface area contributed by atoms with Crippen LogP contribution in [0.3, 0.4) is 0 Å². The predicted molar refractivity (Wildman–Crippen MR) is 127 cm³/mol. The molecule has 0 saturated carbocycles. The van der Waals surface area contributed by atoms with E-state index in [0.717, 1.165) is 36.1 Å². The number of piperidine rings is 1. The third-order valence-corrected chi connectivity index (χ3v) is 8.17. The van der Waals surface area contributed by atoms with Crippen molar-refractivity contribution in [3.05, 3.63) is 64.5 Å². The first kappa shape index (κ1) is 22.2. The Morgan fingerprint density at radius 1 is 1.09 bits per heavy atom. The molecule has 1 saturated heterocycles. The number of nitriles is 1. The highest BCUT2D eigenvalue weighted by molar-refractivity contribution is 7.89. The van der Waals surface area contributed by atoms with Crippen LogP contribution in [-0.4, -0.2) is 37.9 Å². The van der Waals surface area contributed by atoms with Crippen molar-refractivity contribution in [2.75, 3.05) is 20.2 Å². The van der Waals surface area contributed by atoms with E-state index in [4.69, 9.17) is 4.74 Å². The predicted octanol–water partition coefficient (Wildman–Crippen LogP) is 5.06. The number of nitrogens with zero attached hydrogens (tertiary/aromatic N) is 3. The van der Waals surface area contributed by atoms with Crippen molar-refractivity contribution < 1.29 is 13.2 Å². The van der Waals surface area contributed by atoms with Gasteiger partial charge in [0.1, 0.15) is 16.8 Å². The van der Waals surface area contributed by atoms with E-state index in [9.17, 15) is 13.7 Å². The number of benzene rings is 2. The van der Waals surface area contributed by atoms with Gasteiger partial charge in [-0.2, -0.15) is 9.57 Å². The maximum Gasteiger partial charge on any atom is 0.243 e. The number of aromatic nitrogens is 1. The van der Waals surface area contributed by atoms with Gasteiger partial charge in [0.05, 0.1) is 23.3 Å². The molecule has 2 aromatic carbocycles. The maximum absolute atomic E-state index is 12.8. The highest BCUT2D eigenvalue weighted by atomic mass is 32.2. The number of rotatable bonds is 6. The van der Waals surface area contributed by atoms with Crippen LogP contribution in [0.2, 0.25) is 0 Å². The van der Waals surface area contributed by atoms with Gasteiger partial charge in [-0.25, -0.2) is 13.4 Å². The standard InChI is InChI=1S/C24H23N3O3S2/c1-30-21-9-5-18(6-10-21)15-20(16-25)24-26-23(17-31-24)19-7-11-22(12-8-19)32(28,29)27-13-3-2-4-14-27/h5-12,15,17H,2-4,13-14H2,1H3/b20-15+. The van der Waals surface area contributed by atoms with Gasteiger partial charge in [0.2, 0.25) is 10.0 Å². The van der Waals surface area contributed by atoms with Crippen molar-refractivity contribution in [3.8, 4) is 23.1 Å². The Labute approximate surface area is 192 Å². The third kappa shape index (κ3) is 4.75. The lowest BCUT2D eigenvalue weighted by molar-refractivity contribution is 0.346. The van der Waals surface area contributed by atoms with Crippen molar-refractivity contribution in [2.24, 2.45) is 0 Å². The summed E-state index contributed by atoms with van der Waals surface area (Å²) in [7, 11) is -1.85. The zero-order chi connectivity index (χ0) is 22.6. The minimum Gasteiger partial charge on any atom is -0.497 e. The van der Waals surface area contributed by atoms with Crippen LogP contribution in [-0.2, 0) is 10.0 Å². The molecule has 164 valence electrons. The van der Waals surface area contributed by atoms with E-state index in [1.54, 1.807) is 41.8 Å². The van der Waals surface area contributed by atoms with E-state index < -0.39 is 10.0 Å². The summed E-state index contributed by atoms with van der Waals surface area (Å²) in [6, 6.07) is 16.5. The molecule has 32 heavy (non-hydrogen) atoms. The van der Waals surface area contributed by atoms with Crippen LogP contribution in [0.4, 0.5) is 0 Å². The average molecular weight is 466 g/mol. The fourth-order valence-corrected chi connectivity index (χ4v) is 5.90. The number of sulfonamides is 1. The minimum atomic E-state index is -3.46. The molecule has 0 amide bonds. The summed E-state index contributed by atoms with van der Waals surface area (Å²) in [5.41, 5.74) is 2.87. The third-order valence-electron chi connectivity index (χ3n) is 5.38. The molecule has 1 aliphatic heterocycles. The van der Waals surface area contributed by atoms with E-state index in [2.05, 4.69) is 11.1 Å². The fourth-order valence-electron chi connectivity index (χ4n) is 3.59. The van der Waals surface area contributed by atoms with Crippen LogP contribution < -0.4 is 4.74 Å². The molecule has 3 aromatic rings. The molecular formula is C24H23N3O3S2. The lowest BCUT2D eigenvalue weighted by atomic mass is 10.1. The molecule has 4 rings (SSSR count). The Bertz CT molecular complexity index is 1250. The van der Waals surface area contributed by atoms with Gasteiger partial charge in [0.15, 0.2) is 0 Å². The molecule has 8 heteroatoms. The fraction of sp³-hybridized carbons (Fsp3) is 0.250. The number of ether oxygens (including phenoxy) is 1. The van der Waals surface area contributed by atoms with Crippen LogP contribution in [0.5, 0.6) is 5.75 Å². The summed E-state index contributed by atoms with van der Waals surface area (Å²) in [5, 5.41) is 12.1. The Morgan fingerprint density at radius 2 is 1.78 bits per heavy atom. The molecule has 0 aliphatic carbocycles. The highest BCUT2D eigenvalue weighted by Gasteiger charge is 2.25. The molecule has 0 bridgehead atoms. The highest BCUT2D eigenvalue weighted by Crippen LogP contribution is 2.29. The van der Waals surface area contributed by atoms with Gasteiger partial charge in [-0.3, -0.25) is 0 Å². The summed E-state index contributed by atoms with van der Waals surface area (Å²) >= 11 is 1.38. The van der Waals surface area contributed by atoms with Crippen LogP contribution in [0.1, 0.15) is 29.8 Å². The second-order valence-corrected chi connectivity index (χ2v) is 10.3. The Morgan fingerprint density at radius 3 is 2.41 bits per heavy atom. The second kappa shape index (κ2) is 9.65. The summed E-state index contributed by atoms with van der Waals surface area (Å²) < 4.78 is 32.4. The molecular weight excluding hydrogens is 442 g/mol. The minimum absolute atomic E-state index is 0.302. The summed E-state index contributed by atoms with van der Waals surface area (Å²) in [4.78, 5) is 4.91. The molecule has 0 spiro atoms. The first-order valence-electron chi connectivity index (χ1n) is 10.3. The number of allylic oxidation sites excluding steroid dienone is 1. The molecule has 0 radical (unpaired) electrons. The summed E-state index contributed by atoms with van der Waals surface area (Å²) in [6.07, 6.45) is 4.68. The topological polar surface area (TPSA) is 83.3 Å². The normalized spacial score (nSPS) is 15.3. The monoisotopic (exact) mass is 465 g/mol. The zero-order valence-corrected chi connectivity index (χ0v) is 19.3. The number of hydrogen-bond donors (Lipinski definition) is 0. The van der Waals surface area contributed by atoms with Gasteiger partial charge < -0.3 is 4.74 Å². The zero-order valence-electron chi connectivity index (χ0n) is 17.7. The molecule has 6 nitrogen and oxygen atoms in total. The van der Waals surface area contributed by atoms with Crippen molar-refractivity contribution in [1.29, 1.82) is 5.26 Å². The Hall–Kier alpha value is -2.99. The first-order chi connectivity index (χ1) is 15.5. The first-order valence-corrected chi connectivity index (χ1v) is 12.7. The SMILES string of the molecule is COc1ccc(/C=C(\C#N)c2nc(-c3ccc(S(=O)(=O)N4CCCCC4)cc3)cs2)cc1. The van der Waals surface area contributed by atoms with Crippen molar-refractivity contribution in [1.82, 2.24) is 9.29 Å². The van der Waals surface area contributed by atoms with Crippen LogP contribution >= 0.6 is 11.3 Å².